The molecular weight excluding hydrogens is 208 g/mol. The third-order valence-corrected chi connectivity index (χ3v) is 2.19. The molecule has 84 valence electrons. The van der Waals surface area contributed by atoms with E-state index >= 15 is 0 Å². The van der Waals surface area contributed by atoms with Crippen molar-refractivity contribution in [3.8, 4) is 0 Å². The summed E-state index contributed by atoms with van der Waals surface area (Å²) in [6.07, 6.45) is 1.76. The zero-order valence-electron chi connectivity index (χ0n) is 9.31. The zero-order valence-corrected chi connectivity index (χ0v) is 9.31. The van der Waals surface area contributed by atoms with E-state index in [2.05, 4.69) is 19.7 Å². The van der Waals surface area contributed by atoms with Gasteiger partial charge in [-0.1, -0.05) is 0 Å². The van der Waals surface area contributed by atoms with Crippen LogP contribution in [-0.4, -0.2) is 42.1 Å². The third-order valence-electron chi connectivity index (χ3n) is 2.19. The summed E-state index contributed by atoms with van der Waals surface area (Å²) < 4.78 is 4.60. The molecule has 1 N–H and O–H groups in total. The van der Waals surface area contributed by atoms with Crippen LogP contribution in [0.5, 0.6) is 0 Å². The maximum atomic E-state index is 11.4. The number of anilines is 1. The highest BCUT2D eigenvalue weighted by Gasteiger charge is 2.15. The maximum absolute atomic E-state index is 11.4. The minimum Gasteiger partial charge on any atom is -0.463 e. The number of carbonyl (C=O) groups is 1. The van der Waals surface area contributed by atoms with E-state index in [1.54, 1.807) is 6.20 Å². The number of carbonyl (C=O) groups excluding carboxylic acids is 1. The van der Waals surface area contributed by atoms with Crippen LogP contribution in [0.1, 0.15) is 10.6 Å². The Morgan fingerprint density at radius 2 is 2.19 bits per heavy atom. The first kappa shape index (κ1) is 10.4. The molecule has 0 spiro atoms. The molecule has 6 nitrogen and oxygen atoms in total. The van der Waals surface area contributed by atoms with Gasteiger partial charge in [-0.15, -0.1) is 0 Å². The number of esters is 1. The van der Waals surface area contributed by atoms with Gasteiger partial charge < -0.3 is 14.6 Å². The number of methoxy groups -OCH3 is 1. The largest absolute Gasteiger partial charge is 0.463 e. The summed E-state index contributed by atoms with van der Waals surface area (Å²) in [5.74, 6) is 0.201. The number of hydrogen-bond donors (Lipinski definition) is 1. The number of nitrogens with zero attached hydrogens (tertiary/aromatic N) is 3. The second kappa shape index (κ2) is 3.80. The van der Waals surface area contributed by atoms with Gasteiger partial charge in [-0.3, -0.25) is 0 Å². The van der Waals surface area contributed by atoms with Crippen molar-refractivity contribution in [2.45, 2.75) is 0 Å². The average Bonchev–Trinajstić information content (AvgIpc) is 2.74. The van der Waals surface area contributed by atoms with Crippen LogP contribution in [0, 0.1) is 0 Å². The zero-order chi connectivity index (χ0) is 11.7. The minimum absolute atomic E-state index is 0.0566. The maximum Gasteiger partial charge on any atom is 0.376 e. The predicted molar refractivity (Wildman–Crippen MR) is 59.6 cm³/mol. The van der Waals surface area contributed by atoms with Crippen molar-refractivity contribution in [3.63, 3.8) is 0 Å². The van der Waals surface area contributed by atoms with Crippen molar-refractivity contribution in [1.82, 2.24) is 15.0 Å². The smallest absolute Gasteiger partial charge is 0.376 e. The van der Waals surface area contributed by atoms with Gasteiger partial charge in [0.1, 0.15) is 11.5 Å². The van der Waals surface area contributed by atoms with Crippen LogP contribution < -0.4 is 4.90 Å². The Kier molecular flexibility index (Phi) is 2.47. The van der Waals surface area contributed by atoms with Crippen LogP contribution in [0.4, 0.5) is 5.82 Å². The number of rotatable bonds is 2. The topological polar surface area (TPSA) is 71.1 Å². The fraction of sp³-hybridized carbons (Fsp3) is 0.300. The van der Waals surface area contributed by atoms with Crippen LogP contribution in [0.3, 0.4) is 0 Å². The molecule has 2 heterocycles. The standard InChI is InChI=1S/C10H12N4O2/c1-14(2)9-6-4-5-11-7(6)12-8(13-9)10(15)16-3/h4-5H,1-3H3,(H,11,12,13). The summed E-state index contributed by atoms with van der Waals surface area (Å²) >= 11 is 0. The molecule has 0 fully saturated rings. The molecule has 0 aromatic carbocycles. The van der Waals surface area contributed by atoms with Gasteiger partial charge in [0.05, 0.1) is 12.5 Å². The summed E-state index contributed by atoms with van der Waals surface area (Å²) in [5.41, 5.74) is 0.624. The van der Waals surface area contributed by atoms with Gasteiger partial charge in [0.15, 0.2) is 0 Å². The fourth-order valence-electron chi connectivity index (χ4n) is 1.45. The van der Waals surface area contributed by atoms with E-state index < -0.39 is 5.97 Å². The number of H-pyrrole nitrogens is 1. The molecule has 0 saturated carbocycles. The van der Waals surface area contributed by atoms with Crippen LogP contribution >= 0.6 is 0 Å². The van der Waals surface area contributed by atoms with Gasteiger partial charge in [0, 0.05) is 20.3 Å². The molecule has 0 bridgehead atoms. The lowest BCUT2D eigenvalue weighted by Gasteiger charge is -2.12. The van der Waals surface area contributed by atoms with E-state index in [-0.39, 0.29) is 5.82 Å². The van der Waals surface area contributed by atoms with Gasteiger partial charge in [-0.05, 0) is 6.07 Å². The SMILES string of the molecule is COC(=O)c1nc(N(C)C)c2cc[nH]c2n1. The van der Waals surface area contributed by atoms with Gasteiger partial charge in [0.25, 0.3) is 0 Å². The van der Waals surface area contributed by atoms with Crippen molar-refractivity contribution in [3.05, 3.63) is 18.1 Å². The van der Waals surface area contributed by atoms with Gasteiger partial charge >= 0.3 is 5.97 Å². The Morgan fingerprint density at radius 1 is 1.44 bits per heavy atom. The fourth-order valence-corrected chi connectivity index (χ4v) is 1.45. The molecule has 0 unspecified atom stereocenters. The molecule has 0 aliphatic carbocycles. The molecule has 6 heteroatoms. The van der Waals surface area contributed by atoms with Gasteiger partial charge in [0.2, 0.25) is 5.82 Å². The molecule has 0 amide bonds. The lowest BCUT2D eigenvalue weighted by atomic mass is 10.3. The summed E-state index contributed by atoms with van der Waals surface area (Å²) in [6.45, 7) is 0. The van der Waals surface area contributed by atoms with Crippen molar-refractivity contribution in [2.24, 2.45) is 0 Å². The lowest BCUT2D eigenvalue weighted by molar-refractivity contribution is 0.0587. The van der Waals surface area contributed by atoms with Crippen LogP contribution in [0.25, 0.3) is 11.0 Å². The molecule has 0 radical (unpaired) electrons. The molecule has 2 aromatic heterocycles. The van der Waals surface area contributed by atoms with Crippen molar-refractivity contribution in [1.29, 1.82) is 0 Å². The summed E-state index contributed by atoms with van der Waals surface area (Å²) in [6, 6.07) is 1.87. The number of ether oxygens (including phenoxy) is 1. The first-order valence-electron chi connectivity index (χ1n) is 4.74. The van der Waals surface area contributed by atoms with E-state index in [0.29, 0.717) is 11.5 Å². The van der Waals surface area contributed by atoms with E-state index in [9.17, 15) is 4.79 Å². The van der Waals surface area contributed by atoms with E-state index in [0.717, 1.165) is 5.39 Å². The summed E-state index contributed by atoms with van der Waals surface area (Å²) in [4.78, 5) is 24.4. The van der Waals surface area contributed by atoms with Gasteiger partial charge in [-0.25, -0.2) is 14.8 Å². The van der Waals surface area contributed by atoms with E-state index in [1.165, 1.54) is 7.11 Å². The third kappa shape index (κ3) is 1.58. The molecule has 2 rings (SSSR count). The highest BCUT2D eigenvalue weighted by molar-refractivity contribution is 5.93. The molecule has 0 atom stereocenters. The summed E-state index contributed by atoms with van der Waals surface area (Å²) in [7, 11) is 5.02. The Labute approximate surface area is 92.3 Å². The minimum atomic E-state index is -0.542. The first-order valence-corrected chi connectivity index (χ1v) is 4.74. The van der Waals surface area contributed by atoms with E-state index in [4.69, 9.17) is 0 Å². The van der Waals surface area contributed by atoms with Crippen LogP contribution in [0.15, 0.2) is 12.3 Å². The Morgan fingerprint density at radius 3 is 2.81 bits per heavy atom. The first-order chi connectivity index (χ1) is 7.63. The van der Waals surface area contributed by atoms with Crippen LogP contribution in [-0.2, 0) is 4.74 Å². The number of aromatic amines is 1. The molecular formula is C10H12N4O2. The highest BCUT2D eigenvalue weighted by atomic mass is 16.5. The second-order valence-electron chi connectivity index (χ2n) is 3.50. The normalized spacial score (nSPS) is 10.4. The van der Waals surface area contributed by atoms with Crippen molar-refractivity contribution >= 4 is 22.8 Å². The van der Waals surface area contributed by atoms with E-state index in [1.807, 2.05) is 25.1 Å². The number of aromatic nitrogens is 3. The highest BCUT2D eigenvalue weighted by Crippen LogP contribution is 2.21. The number of hydrogen-bond acceptors (Lipinski definition) is 5. The molecule has 2 aromatic rings. The molecule has 0 aliphatic heterocycles. The molecule has 0 aliphatic rings. The van der Waals surface area contributed by atoms with Crippen molar-refractivity contribution in [2.75, 3.05) is 26.1 Å². The lowest BCUT2D eigenvalue weighted by Crippen LogP contribution is -2.15. The summed E-state index contributed by atoms with van der Waals surface area (Å²) in [5, 5.41) is 0.873. The monoisotopic (exact) mass is 220 g/mol. The quantitative estimate of drug-likeness (QED) is 0.758. The number of nitrogens with one attached hydrogen (secondary N) is 1. The Hall–Kier alpha value is -2.11. The van der Waals surface area contributed by atoms with Crippen LogP contribution in [0.2, 0.25) is 0 Å². The second-order valence-corrected chi connectivity index (χ2v) is 3.50. The van der Waals surface area contributed by atoms with Crippen molar-refractivity contribution < 1.29 is 9.53 Å². The number of fused-ring (bicyclic) bond motifs is 1. The molecule has 16 heavy (non-hydrogen) atoms. The van der Waals surface area contributed by atoms with Gasteiger partial charge in [-0.2, -0.15) is 0 Å². The average molecular weight is 220 g/mol. The molecule has 0 saturated heterocycles. The Balaban J connectivity index is 2.66. The Bertz CT molecular complexity index is 533. The predicted octanol–water partition coefficient (Wildman–Crippen LogP) is 0.810.